The van der Waals surface area contributed by atoms with Crippen molar-refractivity contribution in [1.82, 2.24) is 24.1 Å². The Kier molecular flexibility index (Phi) is 3.53. The molecule has 0 unspecified atom stereocenters. The molecule has 0 saturated heterocycles. The van der Waals surface area contributed by atoms with Crippen molar-refractivity contribution in [3.05, 3.63) is 95.0 Å². The molecule has 0 aliphatic rings. The first-order valence-corrected chi connectivity index (χ1v) is 8.64. The lowest BCUT2D eigenvalue weighted by molar-refractivity contribution is 0.765. The van der Waals surface area contributed by atoms with Gasteiger partial charge in [-0.15, -0.1) is 5.10 Å². The van der Waals surface area contributed by atoms with Crippen LogP contribution >= 0.6 is 0 Å². The maximum atomic E-state index is 12.9. The number of hydrogen-bond acceptors (Lipinski definition) is 4. The van der Waals surface area contributed by atoms with E-state index in [1.807, 2.05) is 66.7 Å². The molecule has 5 aromatic rings. The fourth-order valence-electron chi connectivity index (χ4n) is 3.17. The van der Waals surface area contributed by atoms with Crippen LogP contribution in [0.2, 0.25) is 0 Å². The van der Waals surface area contributed by atoms with Gasteiger partial charge in [-0.3, -0.25) is 4.79 Å². The molecule has 0 bridgehead atoms. The third kappa shape index (κ3) is 2.67. The first-order chi connectivity index (χ1) is 13.3. The summed E-state index contributed by atoms with van der Waals surface area (Å²) in [6.45, 7) is 0.514. The number of benzene rings is 2. The highest BCUT2D eigenvalue weighted by Gasteiger charge is 2.12. The van der Waals surface area contributed by atoms with Gasteiger partial charge in [0.05, 0.1) is 17.4 Å². The molecular weight excluding hydrogens is 338 g/mol. The molecule has 0 saturated carbocycles. The van der Waals surface area contributed by atoms with Crippen molar-refractivity contribution in [2.24, 2.45) is 0 Å². The molecule has 0 fully saturated rings. The van der Waals surface area contributed by atoms with Crippen LogP contribution in [0.1, 0.15) is 5.56 Å². The number of hydrogen-bond donors (Lipinski definition) is 0. The fourth-order valence-corrected chi connectivity index (χ4v) is 3.17. The van der Waals surface area contributed by atoms with E-state index in [4.69, 9.17) is 0 Å². The summed E-state index contributed by atoms with van der Waals surface area (Å²) in [5.74, 6) is 1.06. The van der Waals surface area contributed by atoms with Crippen LogP contribution in [0.15, 0.2) is 83.9 Å². The number of pyridine rings is 1. The molecule has 2 aromatic carbocycles. The Hall–Kier alpha value is -3.80. The third-order valence-corrected chi connectivity index (χ3v) is 4.53. The van der Waals surface area contributed by atoms with E-state index in [0.717, 1.165) is 11.1 Å². The van der Waals surface area contributed by atoms with Crippen molar-refractivity contribution < 1.29 is 0 Å². The van der Waals surface area contributed by atoms with E-state index in [1.165, 1.54) is 0 Å². The molecule has 0 radical (unpaired) electrons. The van der Waals surface area contributed by atoms with Crippen LogP contribution in [0, 0.1) is 0 Å². The standard InChI is InChI=1S/C21H15N5O/c27-20-17-13-22-21-23-19(16-9-5-2-6-10-16)24-26(21)18(17)11-12-25(20)14-15-7-3-1-4-8-15/h1-13H,14H2. The molecule has 0 spiro atoms. The molecular formula is C21H15N5O. The second kappa shape index (κ2) is 6.17. The molecule has 6 heteroatoms. The van der Waals surface area contributed by atoms with Gasteiger partial charge >= 0.3 is 0 Å². The van der Waals surface area contributed by atoms with Crippen molar-refractivity contribution in [3.8, 4) is 11.4 Å². The Bertz CT molecular complexity index is 1310. The number of nitrogens with zero attached hydrogens (tertiary/aromatic N) is 5. The summed E-state index contributed by atoms with van der Waals surface area (Å²) in [4.78, 5) is 21.7. The van der Waals surface area contributed by atoms with Crippen molar-refractivity contribution in [2.75, 3.05) is 0 Å². The maximum Gasteiger partial charge on any atom is 0.261 e. The summed E-state index contributed by atoms with van der Waals surface area (Å²) in [7, 11) is 0. The second-order valence-corrected chi connectivity index (χ2v) is 6.30. The molecule has 3 heterocycles. The van der Waals surface area contributed by atoms with Crippen LogP contribution in [0.25, 0.3) is 28.1 Å². The highest BCUT2D eigenvalue weighted by Crippen LogP contribution is 2.17. The normalized spacial score (nSPS) is 11.3. The van der Waals surface area contributed by atoms with Crippen LogP contribution < -0.4 is 5.56 Å². The predicted octanol–water partition coefficient (Wildman–Crippen LogP) is 3.15. The minimum absolute atomic E-state index is 0.0949. The Morgan fingerprint density at radius 1 is 0.889 bits per heavy atom. The highest BCUT2D eigenvalue weighted by molar-refractivity contribution is 5.79. The first kappa shape index (κ1) is 15.5. The van der Waals surface area contributed by atoms with Gasteiger partial charge < -0.3 is 4.57 Å². The number of fused-ring (bicyclic) bond motifs is 3. The molecule has 0 aliphatic carbocycles. The zero-order chi connectivity index (χ0) is 18.2. The Morgan fingerprint density at radius 3 is 2.41 bits per heavy atom. The smallest absolute Gasteiger partial charge is 0.261 e. The number of rotatable bonds is 3. The maximum absolute atomic E-state index is 12.9. The molecule has 0 N–H and O–H groups in total. The van der Waals surface area contributed by atoms with Gasteiger partial charge in [0.1, 0.15) is 0 Å². The zero-order valence-corrected chi connectivity index (χ0v) is 14.4. The van der Waals surface area contributed by atoms with Gasteiger partial charge in [-0.05, 0) is 11.6 Å². The summed E-state index contributed by atoms with van der Waals surface area (Å²) in [5, 5.41) is 5.08. The van der Waals surface area contributed by atoms with E-state index < -0.39 is 0 Å². The molecule has 27 heavy (non-hydrogen) atoms. The summed E-state index contributed by atoms with van der Waals surface area (Å²) in [6.07, 6.45) is 3.37. The average Bonchev–Trinajstić information content (AvgIpc) is 3.16. The lowest BCUT2D eigenvalue weighted by Crippen LogP contribution is -2.21. The van der Waals surface area contributed by atoms with Gasteiger partial charge in [-0.25, -0.2) is 4.98 Å². The lowest BCUT2D eigenvalue weighted by atomic mass is 10.2. The summed E-state index contributed by atoms with van der Waals surface area (Å²) in [6, 6.07) is 21.5. The second-order valence-electron chi connectivity index (χ2n) is 6.30. The van der Waals surface area contributed by atoms with Gasteiger partial charge in [0.25, 0.3) is 11.3 Å². The SMILES string of the molecule is O=c1c2cnc3nc(-c4ccccc4)nn3c2ccn1Cc1ccccc1. The van der Waals surface area contributed by atoms with E-state index in [2.05, 4.69) is 15.1 Å². The molecule has 0 aliphatic heterocycles. The van der Waals surface area contributed by atoms with Crippen LogP contribution in [-0.4, -0.2) is 24.1 Å². The average molecular weight is 353 g/mol. The van der Waals surface area contributed by atoms with Crippen LogP contribution in [-0.2, 0) is 6.54 Å². The van der Waals surface area contributed by atoms with Gasteiger partial charge in [-0.1, -0.05) is 60.7 Å². The monoisotopic (exact) mass is 353 g/mol. The van der Waals surface area contributed by atoms with Gasteiger partial charge in [-0.2, -0.15) is 9.50 Å². The van der Waals surface area contributed by atoms with Gasteiger partial charge in [0.2, 0.25) is 0 Å². The largest absolute Gasteiger partial charge is 0.310 e. The molecule has 3 aromatic heterocycles. The van der Waals surface area contributed by atoms with Gasteiger partial charge in [0, 0.05) is 18.0 Å². The topological polar surface area (TPSA) is 65.1 Å². The molecule has 0 atom stereocenters. The summed E-state index contributed by atoms with van der Waals surface area (Å²) >= 11 is 0. The molecule has 0 amide bonds. The zero-order valence-electron chi connectivity index (χ0n) is 14.4. The highest BCUT2D eigenvalue weighted by atomic mass is 16.1. The van der Waals surface area contributed by atoms with Crippen LogP contribution in [0.4, 0.5) is 0 Å². The molecule has 130 valence electrons. The van der Waals surface area contributed by atoms with E-state index in [9.17, 15) is 4.79 Å². The van der Waals surface area contributed by atoms with Crippen molar-refractivity contribution in [1.29, 1.82) is 0 Å². The Balaban J connectivity index is 1.65. The summed E-state index contributed by atoms with van der Waals surface area (Å²) < 4.78 is 3.31. The Morgan fingerprint density at radius 2 is 1.63 bits per heavy atom. The quantitative estimate of drug-likeness (QED) is 0.500. The van der Waals surface area contributed by atoms with Crippen molar-refractivity contribution in [3.63, 3.8) is 0 Å². The Labute approximate surface area is 154 Å². The lowest BCUT2D eigenvalue weighted by Gasteiger charge is -2.07. The minimum Gasteiger partial charge on any atom is -0.310 e. The van der Waals surface area contributed by atoms with E-state index in [-0.39, 0.29) is 5.56 Å². The van der Waals surface area contributed by atoms with Crippen molar-refractivity contribution in [2.45, 2.75) is 6.54 Å². The van der Waals surface area contributed by atoms with Crippen molar-refractivity contribution >= 4 is 16.7 Å². The molecule has 5 rings (SSSR count). The number of aromatic nitrogens is 5. The fraction of sp³-hybridized carbons (Fsp3) is 0.0476. The van der Waals surface area contributed by atoms with E-state index in [1.54, 1.807) is 21.5 Å². The summed E-state index contributed by atoms with van der Waals surface area (Å²) in [5.41, 5.74) is 2.58. The van der Waals surface area contributed by atoms with Gasteiger partial charge in [0.15, 0.2) is 5.82 Å². The van der Waals surface area contributed by atoms with E-state index in [0.29, 0.717) is 29.0 Å². The predicted molar refractivity (Wildman–Crippen MR) is 104 cm³/mol. The minimum atomic E-state index is -0.0949. The van der Waals surface area contributed by atoms with Crippen LogP contribution in [0.5, 0.6) is 0 Å². The van der Waals surface area contributed by atoms with Crippen LogP contribution in [0.3, 0.4) is 0 Å². The molecule has 6 nitrogen and oxygen atoms in total. The third-order valence-electron chi connectivity index (χ3n) is 4.53. The first-order valence-electron chi connectivity index (χ1n) is 8.64. The van der Waals surface area contributed by atoms with E-state index >= 15 is 0 Å².